The number of carbonyl (C=O) groups is 1. The Kier molecular flexibility index (Phi) is 6.01. The Labute approximate surface area is 153 Å². The van der Waals surface area contributed by atoms with E-state index in [0.29, 0.717) is 11.7 Å². The normalized spacial score (nSPS) is 15.6. The maximum Gasteiger partial charge on any atom is 0.356 e. The lowest BCUT2D eigenvalue weighted by molar-refractivity contribution is 0.0690. The second-order valence-electron chi connectivity index (χ2n) is 6.54. The molecule has 7 heteroatoms. The molecule has 1 fully saturated rings. The van der Waals surface area contributed by atoms with Crippen LogP contribution in [0.1, 0.15) is 28.9 Å². The first-order chi connectivity index (χ1) is 12.6. The van der Waals surface area contributed by atoms with Crippen LogP contribution >= 0.6 is 0 Å². The number of piperidine rings is 1. The molecule has 7 nitrogen and oxygen atoms in total. The number of anilines is 1. The number of methoxy groups -OCH3 is 1. The highest BCUT2D eigenvalue weighted by Gasteiger charge is 2.19. The molecule has 0 saturated carbocycles. The SMILES string of the molecule is COc1ccc(CN2CCC(CNc3cnc(C(=O)O)cn3)CC2)cc1. The van der Waals surface area contributed by atoms with E-state index < -0.39 is 5.97 Å². The van der Waals surface area contributed by atoms with Crippen molar-refractivity contribution in [3.8, 4) is 5.75 Å². The van der Waals surface area contributed by atoms with Gasteiger partial charge >= 0.3 is 5.97 Å². The number of nitrogens with one attached hydrogen (secondary N) is 1. The van der Waals surface area contributed by atoms with Crippen LogP contribution in [0.4, 0.5) is 5.82 Å². The first kappa shape index (κ1) is 18.1. The molecular formula is C19H24N4O3. The summed E-state index contributed by atoms with van der Waals surface area (Å²) in [5, 5.41) is 12.1. The van der Waals surface area contributed by atoms with Gasteiger partial charge in [-0.15, -0.1) is 0 Å². The van der Waals surface area contributed by atoms with Crippen LogP contribution in [0.15, 0.2) is 36.7 Å². The summed E-state index contributed by atoms with van der Waals surface area (Å²) in [6, 6.07) is 8.24. The molecule has 0 bridgehead atoms. The van der Waals surface area contributed by atoms with E-state index in [4.69, 9.17) is 9.84 Å². The fourth-order valence-corrected chi connectivity index (χ4v) is 3.12. The molecule has 1 saturated heterocycles. The van der Waals surface area contributed by atoms with E-state index in [1.54, 1.807) is 7.11 Å². The molecular weight excluding hydrogens is 332 g/mol. The standard InChI is InChI=1S/C19H24N4O3/c1-26-16-4-2-15(3-5-16)13-23-8-6-14(7-9-23)10-21-18-12-20-17(11-22-18)19(24)25/h2-5,11-12,14H,6-10,13H2,1H3,(H,21,22)(H,24,25). The molecule has 0 atom stereocenters. The Bertz CT molecular complexity index is 711. The number of benzene rings is 1. The molecule has 0 amide bonds. The molecule has 2 aromatic rings. The van der Waals surface area contributed by atoms with E-state index in [1.807, 2.05) is 12.1 Å². The number of ether oxygens (including phenoxy) is 1. The fraction of sp³-hybridized carbons (Fsp3) is 0.421. The van der Waals surface area contributed by atoms with E-state index in [0.717, 1.165) is 44.8 Å². The molecule has 0 spiro atoms. The van der Waals surface area contributed by atoms with Crippen LogP contribution in [0.25, 0.3) is 0 Å². The van der Waals surface area contributed by atoms with Gasteiger partial charge in [0.2, 0.25) is 0 Å². The van der Waals surface area contributed by atoms with Crippen LogP contribution in [0, 0.1) is 5.92 Å². The number of carboxylic acid groups (broad SMARTS) is 1. The van der Waals surface area contributed by atoms with Crippen LogP contribution in [0.5, 0.6) is 5.75 Å². The number of hydrogen-bond donors (Lipinski definition) is 2. The minimum atomic E-state index is -1.06. The number of aromatic nitrogens is 2. The van der Waals surface area contributed by atoms with Crippen LogP contribution in [0.3, 0.4) is 0 Å². The van der Waals surface area contributed by atoms with Crippen LogP contribution in [-0.4, -0.2) is 52.7 Å². The second-order valence-corrected chi connectivity index (χ2v) is 6.54. The number of aromatic carboxylic acids is 1. The van der Waals surface area contributed by atoms with Gasteiger partial charge in [0.25, 0.3) is 0 Å². The van der Waals surface area contributed by atoms with Crippen LogP contribution in [-0.2, 0) is 6.54 Å². The van der Waals surface area contributed by atoms with Crippen molar-refractivity contribution in [3.63, 3.8) is 0 Å². The molecule has 1 aliphatic heterocycles. The van der Waals surface area contributed by atoms with Gasteiger partial charge in [-0.2, -0.15) is 0 Å². The van der Waals surface area contributed by atoms with Gasteiger partial charge in [-0.3, -0.25) is 4.90 Å². The van der Waals surface area contributed by atoms with E-state index in [9.17, 15) is 4.79 Å². The maximum atomic E-state index is 10.8. The van der Waals surface area contributed by atoms with Crippen molar-refractivity contribution < 1.29 is 14.6 Å². The van der Waals surface area contributed by atoms with E-state index >= 15 is 0 Å². The van der Waals surface area contributed by atoms with E-state index in [1.165, 1.54) is 18.0 Å². The van der Waals surface area contributed by atoms with Crippen molar-refractivity contribution in [2.75, 3.05) is 32.1 Å². The van der Waals surface area contributed by atoms with Gasteiger partial charge in [-0.1, -0.05) is 12.1 Å². The summed E-state index contributed by atoms with van der Waals surface area (Å²) in [4.78, 5) is 21.2. The number of nitrogens with zero attached hydrogens (tertiary/aromatic N) is 3. The first-order valence-electron chi connectivity index (χ1n) is 8.78. The van der Waals surface area contributed by atoms with Gasteiger partial charge < -0.3 is 15.2 Å². The highest BCUT2D eigenvalue weighted by molar-refractivity contribution is 5.84. The Morgan fingerprint density at radius 3 is 2.54 bits per heavy atom. The monoisotopic (exact) mass is 356 g/mol. The fourth-order valence-electron chi connectivity index (χ4n) is 3.12. The van der Waals surface area contributed by atoms with E-state index in [2.05, 4.69) is 32.3 Å². The summed E-state index contributed by atoms with van der Waals surface area (Å²) in [7, 11) is 1.68. The molecule has 3 rings (SSSR count). The smallest absolute Gasteiger partial charge is 0.356 e. The molecule has 0 radical (unpaired) electrons. The topological polar surface area (TPSA) is 87.6 Å². The van der Waals surface area contributed by atoms with Gasteiger partial charge in [0.15, 0.2) is 5.69 Å². The number of carboxylic acids is 1. The Morgan fingerprint density at radius 2 is 1.96 bits per heavy atom. The summed E-state index contributed by atoms with van der Waals surface area (Å²) in [5.41, 5.74) is 1.26. The summed E-state index contributed by atoms with van der Waals surface area (Å²) in [5.74, 6) is 1.03. The average molecular weight is 356 g/mol. The number of rotatable bonds is 7. The molecule has 2 heterocycles. The zero-order chi connectivity index (χ0) is 18.4. The lowest BCUT2D eigenvalue weighted by Crippen LogP contribution is -2.35. The third kappa shape index (κ3) is 4.92. The molecule has 2 N–H and O–H groups in total. The van der Waals surface area contributed by atoms with Crippen molar-refractivity contribution in [2.24, 2.45) is 5.92 Å². The van der Waals surface area contributed by atoms with Crippen molar-refractivity contribution in [1.29, 1.82) is 0 Å². The van der Waals surface area contributed by atoms with Crippen LogP contribution < -0.4 is 10.1 Å². The average Bonchev–Trinajstić information content (AvgIpc) is 2.68. The summed E-state index contributed by atoms with van der Waals surface area (Å²) in [6.07, 6.45) is 5.01. The van der Waals surface area contributed by atoms with E-state index in [-0.39, 0.29) is 5.69 Å². The third-order valence-electron chi connectivity index (χ3n) is 4.72. The summed E-state index contributed by atoms with van der Waals surface area (Å²) in [6.45, 7) is 3.94. The van der Waals surface area contributed by atoms with Gasteiger partial charge in [0, 0.05) is 13.1 Å². The Morgan fingerprint density at radius 1 is 1.23 bits per heavy atom. The van der Waals surface area contributed by atoms with Gasteiger partial charge in [-0.25, -0.2) is 14.8 Å². The Hall–Kier alpha value is -2.67. The second kappa shape index (κ2) is 8.62. The van der Waals surface area contributed by atoms with Crippen LogP contribution in [0.2, 0.25) is 0 Å². The van der Waals surface area contributed by atoms with Gasteiger partial charge in [0.05, 0.1) is 19.5 Å². The zero-order valence-corrected chi connectivity index (χ0v) is 14.9. The quantitative estimate of drug-likeness (QED) is 0.788. The molecule has 26 heavy (non-hydrogen) atoms. The molecule has 1 aromatic heterocycles. The largest absolute Gasteiger partial charge is 0.497 e. The maximum absolute atomic E-state index is 10.8. The lowest BCUT2D eigenvalue weighted by Gasteiger charge is -2.32. The number of likely N-dealkylation sites (tertiary alicyclic amines) is 1. The molecule has 0 aliphatic carbocycles. The third-order valence-corrected chi connectivity index (χ3v) is 4.72. The zero-order valence-electron chi connectivity index (χ0n) is 14.9. The highest BCUT2D eigenvalue weighted by Crippen LogP contribution is 2.20. The molecule has 1 aliphatic rings. The minimum Gasteiger partial charge on any atom is -0.497 e. The summed E-state index contributed by atoms with van der Waals surface area (Å²) >= 11 is 0. The van der Waals surface area contributed by atoms with Gasteiger partial charge in [0.1, 0.15) is 11.6 Å². The van der Waals surface area contributed by atoms with Crippen molar-refractivity contribution in [1.82, 2.24) is 14.9 Å². The summed E-state index contributed by atoms with van der Waals surface area (Å²) < 4.78 is 5.20. The predicted octanol–water partition coefficient (Wildman–Crippen LogP) is 2.51. The molecule has 1 aromatic carbocycles. The Balaban J connectivity index is 1.41. The van der Waals surface area contributed by atoms with Crippen molar-refractivity contribution >= 4 is 11.8 Å². The minimum absolute atomic E-state index is 0.0395. The number of hydrogen-bond acceptors (Lipinski definition) is 6. The molecule has 138 valence electrons. The lowest BCUT2D eigenvalue weighted by atomic mass is 9.96. The molecule has 0 unspecified atom stereocenters. The van der Waals surface area contributed by atoms with Gasteiger partial charge in [-0.05, 0) is 49.5 Å². The first-order valence-corrected chi connectivity index (χ1v) is 8.78. The van der Waals surface area contributed by atoms with Crippen molar-refractivity contribution in [2.45, 2.75) is 19.4 Å². The predicted molar refractivity (Wildman–Crippen MR) is 98.5 cm³/mol. The highest BCUT2D eigenvalue weighted by atomic mass is 16.5. The van der Waals surface area contributed by atoms with Crippen molar-refractivity contribution in [3.05, 3.63) is 47.9 Å².